The van der Waals surface area contributed by atoms with E-state index >= 15 is 0 Å². The summed E-state index contributed by atoms with van der Waals surface area (Å²) < 4.78 is 0. The van der Waals surface area contributed by atoms with E-state index in [2.05, 4.69) is 5.32 Å². The molecule has 0 radical (unpaired) electrons. The molecule has 2 rings (SSSR count). The number of nitrogens with two attached hydrogens (primary N) is 1. The Morgan fingerprint density at radius 3 is 2.95 bits per heavy atom. The molecule has 102 valence electrons. The van der Waals surface area contributed by atoms with Crippen LogP contribution in [0.25, 0.3) is 0 Å². The maximum atomic E-state index is 11.9. The Morgan fingerprint density at radius 2 is 2.21 bits per heavy atom. The molecule has 1 atom stereocenters. The van der Waals surface area contributed by atoms with E-state index in [0.29, 0.717) is 25.9 Å². The van der Waals surface area contributed by atoms with Gasteiger partial charge in [0.15, 0.2) is 0 Å². The molecule has 1 aromatic carbocycles. The lowest BCUT2D eigenvalue weighted by molar-refractivity contribution is -0.121. The molecule has 0 fully saturated rings. The Morgan fingerprint density at radius 1 is 1.47 bits per heavy atom. The van der Waals surface area contributed by atoms with Crippen LogP contribution in [0.2, 0.25) is 0 Å². The van der Waals surface area contributed by atoms with E-state index < -0.39 is 0 Å². The summed E-state index contributed by atoms with van der Waals surface area (Å²) in [6.45, 7) is 2.74. The van der Waals surface area contributed by atoms with E-state index in [1.807, 2.05) is 24.3 Å². The van der Waals surface area contributed by atoms with Gasteiger partial charge in [0.25, 0.3) is 0 Å². The number of anilines is 1. The number of benzene rings is 1. The van der Waals surface area contributed by atoms with E-state index in [1.165, 1.54) is 0 Å². The van der Waals surface area contributed by atoms with Crippen LogP contribution in [0, 0.1) is 0 Å². The van der Waals surface area contributed by atoms with E-state index in [-0.39, 0.29) is 17.9 Å². The highest BCUT2D eigenvalue weighted by molar-refractivity contribution is 6.01. The number of hydrogen-bond acceptors (Lipinski definition) is 3. The van der Waals surface area contributed by atoms with E-state index in [9.17, 15) is 9.59 Å². The monoisotopic (exact) mass is 261 g/mol. The lowest BCUT2D eigenvalue weighted by Gasteiger charge is -2.17. The molecule has 0 spiro atoms. The predicted molar refractivity (Wildman–Crippen MR) is 73.8 cm³/mol. The Labute approximate surface area is 112 Å². The Kier molecular flexibility index (Phi) is 4.16. The van der Waals surface area contributed by atoms with Crippen molar-refractivity contribution in [2.24, 2.45) is 5.73 Å². The van der Waals surface area contributed by atoms with Gasteiger partial charge in [-0.2, -0.15) is 0 Å². The first-order valence-corrected chi connectivity index (χ1v) is 6.48. The normalized spacial score (nSPS) is 15.3. The minimum Gasteiger partial charge on any atom is -0.354 e. The number of nitrogens with one attached hydrogen (secondary N) is 1. The first kappa shape index (κ1) is 13.5. The summed E-state index contributed by atoms with van der Waals surface area (Å²) in [5, 5.41) is 2.78. The number of rotatable bonds is 5. The minimum atomic E-state index is -0.144. The highest BCUT2D eigenvalue weighted by atomic mass is 16.2. The minimum absolute atomic E-state index is 0.0741. The lowest BCUT2D eigenvalue weighted by atomic mass is 10.2. The third kappa shape index (κ3) is 3.32. The summed E-state index contributed by atoms with van der Waals surface area (Å²) in [7, 11) is 0. The van der Waals surface area contributed by atoms with Crippen molar-refractivity contribution in [2.75, 3.05) is 18.0 Å². The van der Waals surface area contributed by atoms with Gasteiger partial charge in [-0.1, -0.05) is 18.2 Å². The van der Waals surface area contributed by atoms with Crippen LogP contribution in [-0.2, 0) is 16.0 Å². The first-order chi connectivity index (χ1) is 9.08. The summed E-state index contributed by atoms with van der Waals surface area (Å²) in [4.78, 5) is 25.1. The fraction of sp³-hybridized carbons (Fsp3) is 0.429. The highest BCUT2D eigenvalue weighted by Crippen LogP contribution is 2.27. The molecule has 0 aromatic heterocycles. The summed E-state index contributed by atoms with van der Waals surface area (Å²) >= 11 is 0. The molecule has 0 saturated heterocycles. The second-order valence-electron chi connectivity index (χ2n) is 4.88. The van der Waals surface area contributed by atoms with Gasteiger partial charge in [0.1, 0.15) is 0 Å². The number of hydrogen-bond donors (Lipinski definition) is 2. The number of carbonyl (C=O) groups is 2. The molecular weight excluding hydrogens is 242 g/mol. The van der Waals surface area contributed by atoms with Gasteiger partial charge in [0.05, 0.1) is 6.42 Å². The van der Waals surface area contributed by atoms with Gasteiger partial charge in [-0.05, 0) is 18.6 Å². The van der Waals surface area contributed by atoms with Crippen molar-refractivity contribution in [1.29, 1.82) is 0 Å². The molecule has 3 N–H and O–H groups in total. The van der Waals surface area contributed by atoms with Crippen molar-refractivity contribution in [3.63, 3.8) is 0 Å². The number of fused-ring (bicyclic) bond motifs is 1. The van der Waals surface area contributed by atoms with Crippen LogP contribution in [0.15, 0.2) is 24.3 Å². The van der Waals surface area contributed by atoms with Gasteiger partial charge in [-0.15, -0.1) is 0 Å². The molecule has 1 aliphatic heterocycles. The Balaban J connectivity index is 1.87. The third-order valence-electron chi connectivity index (χ3n) is 3.09. The highest BCUT2D eigenvalue weighted by Gasteiger charge is 2.26. The number of nitrogens with zero attached hydrogens (tertiary/aromatic N) is 1. The predicted octanol–water partition coefficient (Wildman–Crippen LogP) is 0.429. The number of para-hydroxylation sites is 1. The van der Waals surface area contributed by atoms with E-state index in [0.717, 1.165) is 11.3 Å². The zero-order chi connectivity index (χ0) is 13.8. The Hall–Kier alpha value is -1.88. The summed E-state index contributed by atoms with van der Waals surface area (Å²) in [5.41, 5.74) is 7.55. The second kappa shape index (κ2) is 5.84. The zero-order valence-corrected chi connectivity index (χ0v) is 11.1. The average Bonchev–Trinajstić information content (AvgIpc) is 2.65. The SMILES string of the molecule is CC(N)CC(=O)NCCN1C(=O)Cc2ccccc21. The first-order valence-electron chi connectivity index (χ1n) is 6.48. The van der Waals surface area contributed by atoms with Gasteiger partial charge < -0.3 is 16.0 Å². The molecule has 5 heteroatoms. The fourth-order valence-corrected chi connectivity index (χ4v) is 2.23. The molecule has 1 unspecified atom stereocenters. The maximum Gasteiger partial charge on any atom is 0.231 e. The lowest BCUT2D eigenvalue weighted by Crippen LogP contribution is -2.38. The Bertz CT molecular complexity index is 485. The second-order valence-corrected chi connectivity index (χ2v) is 4.88. The molecule has 0 bridgehead atoms. The van der Waals surface area contributed by atoms with Crippen LogP contribution in [0.1, 0.15) is 18.9 Å². The van der Waals surface area contributed by atoms with Crippen LogP contribution in [0.4, 0.5) is 5.69 Å². The molecule has 2 amide bonds. The van der Waals surface area contributed by atoms with E-state index in [4.69, 9.17) is 5.73 Å². The third-order valence-corrected chi connectivity index (χ3v) is 3.09. The number of carbonyl (C=O) groups excluding carboxylic acids is 2. The molecule has 5 nitrogen and oxygen atoms in total. The molecule has 1 aromatic rings. The van der Waals surface area contributed by atoms with Crippen molar-refractivity contribution in [3.05, 3.63) is 29.8 Å². The van der Waals surface area contributed by atoms with Gasteiger partial charge >= 0.3 is 0 Å². The summed E-state index contributed by atoms with van der Waals surface area (Å²) in [6.07, 6.45) is 0.758. The summed E-state index contributed by atoms with van der Waals surface area (Å²) in [6, 6.07) is 7.60. The zero-order valence-electron chi connectivity index (χ0n) is 11.1. The van der Waals surface area contributed by atoms with E-state index in [1.54, 1.807) is 11.8 Å². The van der Waals surface area contributed by atoms with Crippen molar-refractivity contribution >= 4 is 17.5 Å². The topological polar surface area (TPSA) is 75.4 Å². The van der Waals surface area contributed by atoms with Gasteiger partial charge in [-0.3, -0.25) is 9.59 Å². The van der Waals surface area contributed by atoms with Crippen molar-refractivity contribution in [2.45, 2.75) is 25.8 Å². The van der Waals surface area contributed by atoms with Gasteiger partial charge in [0.2, 0.25) is 11.8 Å². The quantitative estimate of drug-likeness (QED) is 0.807. The largest absolute Gasteiger partial charge is 0.354 e. The van der Waals surface area contributed by atoms with Crippen LogP contribution in [0.5, 0.6) is 0 Å². The fourth-order valence-electron chi connectivity index (χ4n) is 2.23. The average molecular weight is 261 g/mol. The molecular formula is C14H19N3O2. The molecule has 1 aliphatic rings. The molecule has 1 heterocycles. The summed E-state index contributed by atoms with van der Waals surface area (Å²) in [5.74, 6) is 0.0116. The van der Waals surface area contributed by atoms with Crippen LogP contribution < -0.4 is 16.0 Å². The van der Waals surface area contributed by atoms with Crippen molar-refractivity contribution in [3.8, 4) is 0 Å². The van der Waals surface area contributed by atoms with Gasteiger partial charge in [0, 0.05) is 31.2 Å². The maximum absolute atomic E-state index is 11.9. The van der Waals surface area contributed by atoms with Crippen molar-refractivity contribution in [1.82, 2.24) is 5.32 Å². The van der Waals surface area contributed by atoms with Crippen LogP contribution in [-0.4, -0.2) is 30.9 Å². The molecule has 19 heavy (non-hydrogen) atoms. The molecule has 0 saturated carbocycles. The number of amides is 2. The standard InChI is InChI=1S/C14H19N3O2/c1-10(15)8-13(18)16-6-7-17-12-5-3-2-4-11(12)9-14(17)19/h2-5,10H,6-9,15H2,1H3,(H,16,18). The van der Waals surface area contributed by atoms with Crippen LogP contribution in [0.3, 0.4) is 0 Å². The molecule has 0 aliphatic carbocycles. The smallest absolute Gasteiger partial charge is 0.231 e. The van der Waals surface area contributed by atoms with Crippen LogP contribution >= 0.6 is 0 Å². The van der Waals surface area contributed by atoms with Crippen molar-refractivity contribution < 1.29 is 9.59 Å². The van der Waals surface area contributed by atoms with Gasteiger partial charge in [-0.25, -0.2) is 0 Å².